The van der Waals surface area contributed by atoms with E-state index in [0.717, 1.165) is 39.7 Å². The first kappa shape index (κ1) is 16.0. The van der Waals surface area contributed by atoms with Crippen molar-refractivity contribution in [3.05, 3.63) is 70.5 Å². The smallest absolute Gasteiger partial charge is 0.173 e. The molecular weight excluding hydrogens is 367 g/mol. The number of aliphatic imine (C=N–C) groups is 2. The van der Waals surface area contributed by atoms with Gasteiger partial charge in [-0.3, -0.25) is 0 Å². The van der Waals surface area contributed by atoms with Gasteiger partial charge in [0.1, 0.15) is 5.82 Å². The van der Waals surface area contributed by atoms with E-state index in [2.05, 4.69) is 31.7 Å². The van der Waals surface area contributed by atoms with E-state index in [1.807, 2.05) is 24.3 Å². The molecule has 7 heteroatoms. The van der Waals surface area contributed by atoms with Crippen molar-refractivity contribution in [3.63, 3.8) is 0 Å². The molecule has 0 aromatic heterocycles. The van der Waals surface area contributed by atoms with Gasteiger partial charge in [-0.1, -0.05) is 47.8 Å². The Hall–Kier alpha value is -2.25. The monoisotopic (exact) mass is 382 g/mol. The predicted octanol–water partition coefficient (Wildman–Crippen LogP) is 4.74. The van der Waals surface area contributed by atoms with Crippen LogP contribution in [0.3, 0.4) is 0 Å². The van der Waals surface area contributed by atoms with Crippen LogP contribution in [-0.4, -0.2) is 21.0 Å². The highest BCUT2D eigenvalue weighted by molar-refractivity contribution is 8.17. The van der Waals surface area contributed by atoms with E-state index < -0.39 is 0 Å². The standard InChI is InChI=1S/C19H15FN4S2/c20-15-5-3-7-17-14(15)9-24-13(11-26-19(24)23-17)10-25-18-21-8-12-4-1-2-6-16(12)22-18/h1-7,11H,8-10H2,(H,21,22). The summed E-state index contributed by atoms with van der Waals surface area (Å²) in [5.74, 6) is 0.577. The molecule has 2 aromatic rings. The third-order valence-corrected chi connectivity index (χ3v) is 6.37. The van der Waals surface area contributed by atoms with Crippen LogP contribution in [0.5, 0.6) is 0 Å². The van der Waals surface area contributed by atoms with Crippen LogP contribution in [0.4, 0.5) is 15.8 Å². The number of hydrogen-bond acceptors (Lipinski definition) is 6. The summed E-state index contributed by atoms with van der Waals surface area (Å²) in [6, 6.07) is 13.2. The maximum atomic E-state index is 14.1. The van der Waals surface area contributed by atoms with Crippen LogP contribution in [0.2, 0.25) is 0 Å². The van der Waals surface area contributed by atoms with Crippen molar-refractivity contribution in [3.8, 4) is 0 Å². The molecule has 1 N–H and O–H groups in total. The highest BCUT2D eigenvalue weighted by atomic mass is 32.2. The highest BCUT2D eigenvalue weighted by Crippen LogP contribution is 2.38. The number of amidine groups is 2. The molecule has 0 saturated carbocycles. The summed E-state index contributed by atoms with van der Waals surface area (Å²) >= 11 is 3.26. The van der Waals surface area contributed by atoms with E-state index in [1.165, 1.54) is 11.6 Å². The quantitative estimate of drug-likeness (QED) is 0.814. The zero-order chi connectivity index (χ0) is 17.5. The van der Waals surface area contributed by atoms with E-state index in [-0.39, 0.29) is 5.82 Å². The molecule has 4 nitrogen and oxygen atoms in total. The number of nitrogens with one attached hydrogen (secondary N) is 1. The van der Waals surface area contributed by atoms with Crippen LogP contribution in [0.1, 0.15) is 11.1 Å². The summed E-state index contributed by atoms with van der Waals surface area (Å²) in [7, 11) is 0. The molecule has 5 rings (SSSR count). The van der Waals surface area contributed by atoms with Gasteiger partial charge in [0.2, 0.25) is 0 Å². The van der Waals surface area contributed by atoms with Gasteiger partial charge < -0.3 is 10.2 Å². The number of hydrogen-bond donors (Lipinski definition) is 1. The first-order valence-electron chi connectivity index (χ1n) is 8.30. The summed E-state index contributed by atoms with van der Waals surface area (Å²) in [5.41, 5.74) is 4.78. The van der Waals surface area contributed by atoms with Crippen LogP contribution in [0.15, 0.2) is 63.6 Å². The zero-order valence-electron chi connectivity index (χ0n) is 13.8. The van der Waals surface area contributed by atoms with Gasteiger partial charge in [0.25, 0.3) is 0 Å². The lowest BCUT2D eigenvalue weighted by molar-refractivity contribution is 0.494. The second kappa shape index (κ2) is 6.48. The van der Waals surface area contributed by atoms with Gasteiger partial charge in [-0.05, 0) is 29.2 Å². The number of para-hydroxylation sites is 1. The van der Waals surface area contributed by atoms with E-state index in [9.17, 15) is 4.39 Å². The summed E-state index contributed by atoms with van der Waals surface area (Å²) in [6.07, 6.45) is 0. The molecule has 0 spiro atoms. The summed E-state index contributed by atoms with van der Waals surface area (Å²) < 4.78 is 14.1. The van der Waals surface area contributed by atoms with Gasteiger partial charge in [-0.15, -0.1) is 0 Å². The fourth-order valence-electron chi connectivity index (χ4n) is 3.12. The van der Waals surface area contributed by atoms with Crippen LogP contribution in [0, 0.1) is 5.82 Å². The third-order valence-electron chi connectivity index (χ3n) is 4.50. The summed E-state index contributed by atoms with van der Waals surface area (Å²) in [5, 5.41) is 7.31. The molecule has 0 unspecified atom stereocenters. The molecule has 3 aliphatic heterocycles. The Morgan fingerprint density at radius 2 is 2.00 bits per heavy atom. The maximum Gasteiger partial charge on any atom is 0.173 e. The molecule has 0 amide bonds. The second-order valence-electron chi connectivity index (χ2n) is 6.13. The van der Waals surface area contributed by atoms with Crippen LogP contribution >= 0.6 is 23.5 Å². The Morgan fingerprint density at radius 1 is 1.12 bits per heavy atom. The average Bonchev–Trinajstić information content (AvgIpc) is 3.07. The minimum atomic E-state index is -0.191. The fraction of sp³-hybridized carbons (Fsp3) is 0.158. The van der Waals surface area contributed by atoms with Crippen molar-refractivity contribution in [1.82, 2.24) is 10.2 Å². The summed E-state index contributed by atoms with van der Waals surface area (Å²) in [4.78, 5) is 11.4. The number of rotatable bonds is 2. The van der Waals surface area contributed by atoms with Gasteiger partial charge in [-0.25, -0.2) is 14.4 Å². The molecule has 0 atom stereocenters. The van der Waals surface area contributed by atoms with E-state index >= 15 is 0 Å². The van der Waals surface area contributed by atoms with Crippen molar-refractivity contribution in [2.45, 2.75) is 13.1 Å². The van der Waals surface area contributed by atoms with Crippen molar-refractivity contribution in [2.24, 2.45) is 9.98 Å². The van der Waals surface area contributed by atoms with Crippen LogP contribution < -0.4 is 5.32 Å². The Morgan fingerprint density at radius 3 is 2.96 bits per heavy atom. The minimum absolute atomic E-state index is 0.191. The lowest BCUT2D eigenvalue weighted by atomic mass is 10.1. The molecule has 0 bridgehead atoms. The number of nitrogens with zero attached hydrogens (tertiary/aromatic N) is 3. The summed E-state index contributed by atoms with van der Waals surface area (Å²) in [6.45, 7) is 1.33. The first-order valence-corrected chi connectivity index (χ1v) is 10.2. The Labute approximate surface area is 159 Å². The molecule has 0 radical (unpaired) electrons. The number of fused-ring (bicyclic) bond motifs is 3. The SMILES string of the molecule is Fc1cccc2c1CN1C(CSC3=Nc4ccccc4CN3)=CSC1=N2. The first-order chi connectivity index (χ1) is 12.8. The topological polar surface area (TPSA) is 40.0 Å². The lowest BCUT2D eigenvalue weighted by Gasteiger charge is -2.27. The van der Waals surface area contributed by atoms with Crippen LogP contribution in [-0.2, 0) is 13.1 Å². The van der Waals surface area contributed by atoms with E-state index in [0.29, 0.717) is 12.1 Å². The molecule has 2 aromatic carbocycles. The lowest BCUT2D eigenvalue weighted by Crippen LogP contribution is -2.29. The van der Waals surface area contributed by atoms with E-state index in [4.69, 9.17) is 0 Å². The third kappa shape index (κ3) is 2.81. The van der Waals surface area contributed by atoms with Crippen molar-refractivity contribution < 1.29 is 4.39 Å². The Kier molecular flexibility index (Phi) is 3.98. The molecule has 0 fully saturated rings. The maximum absolute atomic E-state index is 14.1. The largest absolute Gasteiger partial charge is 0.360 e. The molecular formula is C19H15FN4S2. The zero-order valence-corrected chi connectivity index (χ0v) is 15.4. The molecule has 0 aliphatic carbocycles. The van der Waals surface area contributed by atoms with Crippen molar-refractivity contribution >= 4 is 45.2 Å². The van der Waals surface area contributed by atoms with E-state index in [1.54, 1.807) is 29.6 Å². The van der Waals surface area contributed by atoms with Gasteiger partial charge >= 0.3 is 0 Å². The second-order valence-corrected chi connectivity index (χ2v) is 7.93. The minimum Gasteiger partial charge on any atom is -0.360 e. The van der Waals surface area contributed by atoms with Gasteiger partial charge in [0, 0.05) is 23.6 Å². The highest BCUT2D eigenvalue weighted by Gasteiger charge is 2.29. The number of thioether (sulfide) groups is 2. The van der Waals surface area contributed by atoms with Gasteiger partial charge in [0.05, 0.1) is 17.9 Å². The number of halogens is 1. The van der Waals surface area contributed by atoms with Crippen LogP contribution in [0.25, 0.3) is 0 Å². The van der Waals surface area contributed by atoms with Crippen molar-refractivity contribution in [2.75, 3.05) is 5.75 Å². The average molecular weight is 382 g/mol. The molecule has 3 aliphatic rings. The fourth-order valence-corrected chi connectivity index (χ4v) is 5.00. The Balaban J connectivity index is 1.31. The molecule has 3 heterocycles. The predicted molar refractivity (Wildman–Crippen MR) is 108 cm³/mol. The normalized spacial score (nSPS) is 17.4. The number of benzene rings is 2. The Bertz CT molecular complexity index is 983. The molecule has 0 saturated heterocycles. The van der Waals surface area contributed by atoms with Crippen molar-refractivity contribution in [1.29, 1.82) is 0 Å². The van der Waals surface area contributed by atoms with Gasteiger partial charge in [-0.2, -0.15) is 0 Å². The molecule has 130 valence electrons. The van der Waals surface area contributed by atoms with Gasteiger partial charge in [0.15, 0.2) is 10.3 Å². The molecule has 26 heavy (non-hydrogen) atoms.